The second kappa shape index (κ2) is 8.52. The van der Waals surface area contributed by atoms with Crippen molar-refractivity contribution in [3.05, 3.63) is 0 Å². The van der Waals surface area contributed by atoms with Crippen molar-refractivity contribution in [2.75, 3.05) is 39.3 Å². The van der Waals surface area contributed by atoms with Gasteiger partial charge in [-0.2, -0.15) is 0 Å². The molecular weight excluding hydrogens is 290 g/mol. The van der Waals surface area contributed by atoms with Crippen molar-refractivity contribution in [1.29, 1.82) is 0 Å². The van der Waals surface area contributed by atoms with Gasteiger partial charge in [0.25, 0.3) is 0 Å². The quantitative estimate of drug-likeness (QED) is 0.583. The molecule has 0 radical (unpaired) electrons. The number of aliphatic imine (C=N–C) groups is 1. The Hall–Kier alpha value is -1.30. The number of carbonyl (C=O) groups excluding carboxylic acids is 1. The van der Waals surface area contributed by atoms with Crippen LogP contribution < -0.4 is 10.6 Å². The van der Waals surface area contributed by atoms with Crippen LogP contribution in [0.15, 0.2) is 4.99 Å². The molecule has 0 aromatic carbocycles. The molecule has 2 heterocycles. The van der Waals surface area contributed by atoms with E-state index in [9.17, 15) is 4.79 Å². The van der Waals surface area contributed by atoms with Gasteiger partial charge in [-0.25, -0.2) is 4.99 Å². The van der Waals surface area contributed by atoms with Gasteiger partial charge in [0.2, 0.25) is 5.91 Å². The smallest absolute Gasteiger partial charge is 0.244 e. The molecule has 2 saturated heterocycles. The molecule has 0 bridgehead atoms. The normalized spacial score (nSPS) is 26.1. The molecule has 0 spiro atoms. The minimum absolute atomic E-state index is 0.142. The fourth-order valence-electron chi connectivity index (χ4n) is 3.32. The number of rotatable bonds is 5. The van der Waals surface area contributed by atoms with Gasteiger partial charge in [0.05, 0.1) is 0 Å². The monoisotopic (exact) mass is 323 g/mol. The lowest BCUT2D eigenvalue weighted by Crippen LogP contribution is -2.47. The van der Waals surface area contributed by atoms with E-state index in [2.05, 4.69) is 48.2 Å². The fraction of sp³-hybridized carbons (Fsp3) is 0.882. The predicted octanol–water partition coefficient (Wildman–Crippen LogP) is 0.893. The van der Waals surface area contributed by atoms with Crippen LogP contribution in [0, 0.1) is 5.92 Å². The maximum Gasteiger partial charge on any atom is 0.244 e. The summed E-state index contributed by atoms with van der Waals surface area (Å²) in [4.78, 5) is 21.1. The van der Waals surface area contributed by atoms with Crippen LogP contribution in [0.5, 0.6) is 0 Å². The molecule has 2 unspecified atom stereocenters. The summed E-state index contributed by atoms with van der Waals surface area (Å²) in [6.07, 6.45) is 2.25. The van der Waals surface area contributed by atoms with Crippen LogP contribution in [0.3, 0.4) is 0 Å². The summed E-state index contributed by atoms with van der Waals surface area (Å²) in [6.45, 7) is 13.8. The highest BCUT2D eigenvalue weighted by molar-refractivity contribution is 5.85. The molecule has 0 aromatic heterocycles. The first-order valence-electron chi connectivity index (χ1n) is 9.08. The van der Waals surface area contributed by atoms with E-state index in [1.165, 1.54) is 0 Å². The lowest BCUT2D eigenvalue weighted by molar-refractivity contribution is -0.128. The summed E-state index contributed by atoms with van der Waals surface area (Å²) in [5, 5.41) is 6.79. The fourth-order valence-corrected chi connectivity index (χ4v) is 3.32. The van der Waals surface area contributed by atoms with Crippen LogP contribution in [-0.4, -0.2) is 73.0 Å². The van der Waals surface area contributed by atoms with Gasteiger partial charge in [-0.05, 0) is 39.5 Å². The highest BCUT2D eigenvalue weighted by Crippen LogP contribution is 2.18. The summed E-state index contributed by atoms with van der Waals surface area (Å²) >= 11 is 0. The van der Waals surface area contributed by atoms with E-state index >= 15 is 0 Å². The number of guanidine groups is 1. The van der Waals surface area contributed by atoms with Crippen LogP contribution in [0.4, 0.5) is 0 Å². The third-order valence-corrected chi connectivity index (χ3v) is 4.87. The van der Waals surface area contributed by atoms with Crippen LogP contribution >= 0.6 is 0 Å². The minimum atomic E-state index is 0.142. The summed E-state index contributed by atoms with van der Waals surface area (Å²) in [6, 6.07) is 0.956. The molecule has 2 atom stereocenters. The van der Waals surface area contributed by atoms with Gasteiger partial charge < -0.3 is 15.5 Å². The van der Waals surface area contributed by atoms with Gasteiger partial charge in [-0.3, -0.25) is 9.69 Å². The number of hydrogen-bond donors (Lipinski definition) is 2. The van der Waals surface area contributed by atoms with Crippen LogP contribution in [-0.2, 0) is 4.79 Å². The molecule has 2 aliphatic rings. The zero-order valence-corrected chi connectivity index (χ0v) is 15.1. The average molecular weight is 323 g/mol. The lowest BCUT2D eigenvalue weighted by atomic mass is 10.1. The number of carbonyl (C=O) groups is 1. The van der Waals surface area contributed by atoms with Crippen molar-refractivity contribution in [3.8, 4) is 0 Å². The second-order valence-corrected chi connectivity index (χ2v) is 7.06. The van der Waals surface area contributed by atoms with Gasteiger partial charge in [-0.1, -0.05) is 6.92 Å². The Balaban J connectivity index is 1.89. The highest BCUT2D eigenvalue weighted by atomic mass is 16.2. The van der Waals surface area contributed by atoms with Gasteiger partial charge in [0, 0.05) is 44.8 Å². The van der Waals surface area contributed by atoms with Crippen molar-refractivity contribution in [3.63, 3.8) is 0 Å². The number of likely N-dealkylation sites (tertiary alicyclic amines) is 2. The van der Waals surface area contributed by atoms with Crippen LogP contribution in [0.25, 0.3) is 0 Å². The van der Waals surface area contributed by atoms with Crippen molar-refractivity contribution in [2.24, 2.45) is 10.9 Å². The van der Waals surface area contributed by atoms with Crippen molar-refractivity contribution < 1.29 is 4.79 Å². The van der Waals surface area contributed by atoms with Gasteiger partial charge in [-0.15, -0.1) is 0 Å². The minimum Gasteiger partial charge on any atom is -0.357 e. The van der Waals surface area contributed by atoms with E-state index in [-0.39, 0.29) is 12.5 Å². The molecule has 1 amide bonds. The zero-order valence-electron chi connectivity index (χ0n) is 15.1. The van der Waals surface area contributed by atoms with E-state index in [1.54, 1.807) is 0 Å². The number of nitrogens with zero attached hydrogens (tertiary/aromatic N) is 3. The first kappa shape index (κ1) is 18.0. The first-order chi connectivity index (χ1) is 11.0. The molecule has 132 valence electrons. The molecule has 6 heteroatoms. The molecule has 0 aromatic rings. The molecule has 2 fully saturated rings. The molecule has 0 saturated carbocycles. The molecule has 6 nitrogen and oxygen atoms in total. The Morgan fingerprint density at radius 3 is 2.52 bits per heavy atom. The summed E-state index contributed by atoms with van der Waals surface area (Å²) < 4.78 is 0. The predicted molar refractivity (Wildman–Crippen MR) is 94.6 cm³/mol. The maximum absolute atomic E-state index is 12.2. The topological polar surface area (TPSA) is 60.0 Å². The third-order valence-electron chi connectivity index (χ3n) is 4.87. The van der Waals surface area contributed by atoms with Crippen LogP contribution in [0.2, 0.25) is 0 Å². The second-order valence-electron chi connectivity index (χ2n) is 7.06. The van der Waals surface area contributed by atoms with Crippen LogP contribution in [0.1, 0.15) is 40.5 Å². The number of hydrogen-bond acceptors (Lipinski definition) is 3. The standard InChI is InChI=1S/C17H33N5O/c1-5-18-17(19-10-16(23)21-8-6-7-9-21)20-15-12-22(13(2)3)11-14(15)4/h13-15H,5-12H2,1-4H3,(H2,18,19,20). The molecule has 23 heavy (non-hydrogen) atoms. The molecule has 2 aliphatic heterocycles. The van der Waals surface area contributed by atoms with E-state index in [0.29, 0.717) is 18.0 Å². The van der Waals surface area contributed by atoms with Crippen molar-refractivity contribution in [2.45, 2.75) is 52.6 Å². The summed E-state index contributed by atoms with van der Waals surface area (Å²) in [5.74, 6) is 1.49. The Morgan fingerprint density at radius 1 is 1.26 bits per heavy atom. The highest BCUT2D eigenvalue weighted by Gasteiger charge is 2.31. The molecule has 2 rings (SSSR count). The third kappa shape index (κ3) is 5.09. The molecular formula is C17H33N5O. The zero-order chi connectivity index (χ0) is 16.8. The van der Waals surface area contributed by atoms with Gasteiger partial charge >= 0.3 is 0 Å². The van der Waals surface area contributed by atoms with Crippen molar-refractivity contribution >= 4 is 11.9 Å². The lowest BCUT2D eigenvalue weighted by Gasteiger charge is -2.22. The van der Waals surface area contributed by atoms with Gasteiger partial charge in [0.15, 0.2) is 5.96 Å². The van der Waals surface area contributed by atoms with E-state index in [4.69, 9.17) is 0 Å². The number of amides is 1. The maximum atomic E-state index is 12.2. The SMILES string of the molecule is CCNC(=NCC(=O)N1CCCC1)NC1CN(C(C)C)CC1C. The average Bonchev–Trinajstić information content (AvgIpc) is 3.15. The Labute approximate surface area is 140 Å². The largest absolute Gasteiger partial charge is 0.357 e. The van der Waals surface area contributed by atoms with E-state index < -0.39 is 0 Å². The first-order valence-corrected chi connectivity index (χ1v) is 9.08. The molecule has 2 N–H and O–H groups in total. The van der Waals surface area contributed by atoms with E-state index in [1.807, 2.05) is 4.90 Å². The van der Waals surface area contributed by atoms with E-state index in [0.717, 1.165) is 51.5 Å². The Morgan fingerprint density at radius 2 is 1.96 bits per heavy atom. The van der Waals surface area contributed by atoms with Crippen molar-refractivity contribution in [1.82, 2.24) is 20.4 Å². The summed E-state index contributed by atoms with van der Waals surface area (Å²) in [7, 11) is 0. The molecule has 0 aliphatic carbocycles. The van der Waals surface area contributed by atoms with Gasteiger partial charge in [0.1, 0.15) is 6.54 Å². The summed E-state index contributed by atoms with van der Waals surface area (Å²) in [5.41, 5.74) is 0. The Kier molecular flexibility index (Phi) is 6.69. The number of nitrogens with one attached hydrogen (secondary N) is 2. The Bertz CT molecular complexity index is 417.